The zero-order chi connectivity index (χ0) is 11.1. The number of fused-ring (bicyclic) bond motifs is 1. The maximum Gasteiger partial charge on any atom is 0.0394 e. The first-order valence-electron chi connectivity index (χ1n) is 5.84. The molecule has 1 aromatic rings. The molecule has 1 aliphatic rings. The standard InChI is InChI=1S/C11H15N/c1-9-11-6-4-3-5-10(11)7-8-12(9)2/h3-6,9H,7-8H2,1-2H3/i2D3. The summed E-state index contributed by atoms with van der Waals surface area (Å²) in [7, 11) is 0. The van der Waals surface area contributed by atoms with Gasteiger partial charge in [0.05, 0.1) is 0 Å². The van der Waals surface area contributed by atoms with Crippen molar-refractivity contribution in [3.8, 4) is 0 Å². The molecular weight excluding hydrogens is 146 g/mol. The van der Waals surface area contributed by atoms with Crippen molar-refractivity contribution in [2.45, 2.75) is 19.4 Å². The van der Waals surface area contributed by atoms with Gasteiger partial charge in [-0.25, -0.2) is 0 Å². The summed E-state index contributed by atoms with van der Waals surface area (Å²) >= 11 is 0. The summed E-state index contributed by atoms with van der Waals surface area (Å²) in [5.74, 6) is 0. The van der Waals surface area contributed by atoms with E-state index in [0.29, 0.717) is 6.54 Å². The predicted octanol–water partition coefficient (Wildman–Crippen LogP) is 2.24. The molecule has 1 heteroatoms. The number of nitrogens with zero attached hydrogens (tertiary/aromatic N) is 1. The fourth-order valence-electron chi connectivity index (χ4n) is 1.77. The molecule has 1 unspecified atom stereocenters. The molecule has 1 atom stereocenters. The van der Waals surface area contributed by atoms with Crippen molar-refractivity contribution >= 4 is 0 Å². The van der Waals surface area contributed by atoms with Crippen LogP contribution in [-0.4, -0.2) is 18.4 Å². The molecule has 0 saturated carbocycles. The van der Waals surface area contributed by atoms with Crippen LogP contribution in [0.4, 0.5) is 0 Å². The normalized spacial score (nSPS) is 28.4. The topological polar surface area (TPSA) is 3.24 Å². The molecule has 1 nitrogen and oxygen atoms in total. The molecule has 0 amide bonds. The molecule has 12 heavy (non-hydrogen) atoms. The van der Waals surface area contributed by atoms with E-state index in [1.165, 1.54) is 5.56 Å². The summed E-state index contributed by atoms with van der Waals surface area (Å²) in [6, 6.07) is 8.08. The van der Waals surface area contributed by atoms with Crippen LogP contribution in [0.15, 0.2) is 24.3 Å². The molecule has 0 aliphatic carbocycles. The second-order valence-electron chi connectivity index (χ2n) is 3.32. The van der Waals surface area contributed by atoms with Crippen molar-refractivity contribution in [3.63, 3.8) is 0 Å². The first kappa shape index (κ1) is 5.03. The van der Waals surface area contributed by atoms with Crippen LogP contribution in [0.5, 0.6) is 0 Å². The van der Waals surface area contributed by atoms with Crippen molar-refractivity contribution in [1.82, 2.24) is 4.90 Å². The highest BCUT2D eigenvalue weighted by Crippen LogP contribution is 2.27. The highest BCUT2D eigenvalue weighted by atomic mass is 15.1. The van der Waals surface area contributed by atoms with Crippen LogP contribution in [0.25, 0.3) is 0 Å². The molecule has 0 aromatic heterocycles. The Kier molecular flexibility index (Phi) is 1.22. The van der Waals surface area contributed by atoms with Crippen LogP contribution in [-0.2, 0) is 6.42 Å². The summed E-state index contributed by atoms with van der Waals surface area (Å²) in [6.07, 6.45) is 0.832. The Morgan fingerprint density at radius 2 is 2.33 bits per heavy atom. The zero-order valence-electron chi connectivity index (χ0n) is 10.2. The smallest absolute Gasteiger partial charge is 0.0394 e. The fraction of sp³-hybridized carbons (Fsp3) is 0.455. The van der Waals surface area contributed by atoms with Gasteiger partial charge in [0.2, 0.25) is 0 Å². The first-order valence-corrected chi connectivity index (χ1v) is 4.34. The number of hydrogen-bond donors (Lipinski definition) is 0. The van der Waals surface area contributed by atoms with Gasteiger partial charge in [-0.3, -0.25) is 4.90 Å². The molecule has 1 heterocycles. The Morgan fingerprint density at radius 1 is 1.50 bits per heavy atom. The molecule has 0 N–H and O–H groups in total. The van der Waals surface area contributed by atoms with E-state index in [4.69, 9.17) is 4.11 Å². The third kappa shape index (κ3) is 1.14. The summed E-state index contributed by atoms with van der Waals surface area (Å²) in [5.41, 5.74) is 2.44. The highest BCUT2D eigenvalue weighted by Gasteiger charge is 2.19. The van der Waals surface area contributed by atoms with Gasteiger partial charge < -0.3 is 0 Å². The first-order chi connectivity index (χ1) is 7.00. The van der Waals surface area contributed by atoms with Gasteiger partial charge in [0.1, 0.15) is 0 Å². The van der Waals surface area contributed by atoms with Crippen molar-refractivity contribution in [1.29, 1.82) is 0 Å². The monoisotopic (exact) mass is 164 g/mol. The molecular formula is C11H15N. The maximum absolute atomic E-state index is 7.46. The van der Waals surface area contributed by atoms with Gasteiger partial charge in [-0.15, -0.1) is 0 Å². The molecule has 0 spiro atoms. The molecule has 0 saturated heterocycles. The zero-order valence-corrected chi connectivity index (χ0v) is 7.25. The van der Waals surface area contributed by atoms with Gasteiger partial charge in [0.25, 0.3) is 0 Å². The summed E-state index contributed by atoms with van der Waals surface area (Å²) < 4.78 is 22.4. The SMILES string of the molecule is [2H]C([2H])([2H])N1CCc2ccccc2C1C. The molecule has 0 radical (unpaired) electrons. The number of rotatable bonds is 0. The van der Waals surface area contributed by atoms with E-state index in [-0.39, 0.29) is 6.04 Å². The predicted molar refractivity (Wildman–Crippen MR) is 51.2 cm³/mol. The van der Waals surface area contributed by atoms with Crippen molar-refractivity contribution in [2.24, 2.45) is 0 Å². The van der Waals surface area contributed by atoms with Gasteiger partial charge in [0, 0.05) is 16.7 Å². The lowest BCUT2D eigenvalue weighted by Gasteiger charge is -2.31. The second-order valence-corrected chi connectivity index (χ2v) is 3.32. The van der Waals surface area contributed by atoms with Crippen molar-refractivity contribution in [3.05, 3.63) is 35.4 Å². The van der Waals surface area contributed by atoms with Crippen LogP contribution >= 0.6 is 0 Å². The van der Waals surface area contributed by atoms with Crippen molar-refractivity contribution in [2.75, 3.05) is 13.5 Å². The lowest BCUT2D eigenvalue weighted by molar-refractivity contribution is 0.247. The molecule has 1 aromatic carbocycles. The van der Waals surface area contributed by atoms with E-state index < -0.39 is 6.98 Å². The number of likely N-dealkylation sites (N-methyl/N-ethyl adjacent to an activating group) is 1. The van der Waals surface area contributed by atoms with Crippen molar-refractivity contribution < 1.29 is 4.11 Å². The van der Waals surface area contributed by atoms with Gasteiger partial charge in [-0.2, -0.15) is 0 Å². The van der Waals surface area contributed by atoms with E-state index >= 15 is 0 Å². The maximum atomic E-state index is 7.46. The average molecular weight is 164 g/mol. The van der Waals surface area contributed by atoms with Gasteiger partial charge >= 0.3 is 0 Å². The van der Waals surface area contributed by atoms with E-state index in [0.717, 1.165) is 12.0 Å². The van der Waals surface area contributed by atoms with Crippen LogP contribution < -0.4 is 0 Å². The lowest BCUT2D eigenvalue weighted by Crippen LogP contribution is -2.30. The van der Waals surface area contributed by atoms with E-state index in [2.05, 4.69) is 6.07 Å². The van der Waals surface area contributed by atoms with E-state index in [9.17, 15) is 0 Å². The van der Waals surface area contributed by atoms with Crippen LogP contribution in [0, 0.1) is 0 Å². The Bertz CT molecular complexity index is 359. The Morgan fingerprint density at radius 3 is 3.17 bits per heavy atom. The third-order valence-electron chi connectivity index (χ3n) is 2.59. The molecule has 0 bridgehead atoms. The third-order valence-corrected chi connectivity index (χ3v) is 2.59. The van der Waals surface area contributed by atoms with Crippen LogP contribution in [0.2, 0.25) is 0 Å². The van der Waals surface area contributed by atoms with E-state index in [1.807, 2.05) is 25.1 Å². The number of hydrogen-bond acceptors (Lipinski definition) is 1. The summed E-state index contributed by atoms with van der Waals surface area (Å²) in [6.45, 7) is 0.603. The average Bonchev–Trinajstić information content (AvgIpc) is 2.16. The Hall–Kier alpha value is -0.820. The van der Waals surface area contributed by atoms with Crippen LogP contribution in [0.1, 0.15) is 28.2 Å². The quantitative estimate of drug-likeness (QED) is 0.568. The second kappa shape index (κ2) is 2.91. The minimum Gasteiger partial charge on any atom is -0.299 e. The Balaban J connectivity index is 2.34. The molecule has 0 fully saturated rings. The minimum atomic E-state index is -1.98. The fourth-order valence-corrected chi connectivity index (χ4v) is 1.77. The largest absolute Gasteiger partial charge is 0.299 e. The molecule has 1 aliphatic heterocycles. The lowest BCUT2D eigenvalue weighted by atomic mass is 9.94. The van der Waals surface area contributed by atoms with Crippen LogP contribution in [0.3, 0.4) is 0 Å². The molecule has 2 rings (SSSR count). The Labute approximate surface area is 78.2 Å². The highest BCUT2D eigenvalue weighted by molar-refractivity contribution is 5.31. The minimum absolute atomic E-state index is 0.0116. The van der Waals surface area contributed by atoms with Gasteiger partial charge in [-0.1, -0.05) is 24.3 Å². The van der Waals surface area contributed by atoms with Gasteiger partial charge in [0.15, 0.2) is 0 Å². The van der Waals surface area contributed by atoms with Gasteiger partial charge in [-0.05, 0) is 31.4 Å². The summed E-state index contributed by atoms with van der Waals surface area (Å²) in [5, 5.41) is 0. The van der Waals surface area contributed by atoms with E-state index in [1.54, 1.807) is 4.90 Å². The summed E-state index contributed by atoms with van der Waals surface area (Å²) in [4.78, 5) is 1.59. The molecule has 64 valence electrons. The number of benzene rings is 1.